The minimum atomic E-state index is -0.940. The van der Waals surface area contributed by atoms with Crippen molar-refractivity contribution in [2.24, 2.45) is 0 Å². The van der Waals surface area contributed by atoms with Crippen LogP contribution in [-0.2, 0) is 9.47 Å². The van der Waals surface area contributed by atoms with Crippen molar-refractivity contribution in [1.82, 2.24) is 0 Å². The lowest BCUT2D eigenvalue weighted by Gasteiger charge is -2.16. The number of amides is 2. The average Bonchev–Trinajstić information content (AvgIpc) is 2.96. The summed E-state index contributed by atoms with van der Waals surface area (Å²) in [4.78, 5) is 60.5. The van der Waals surface area contributed by atoms with Crippen LogP contribution in [-0.4, -0.2) is 42.9 Å². The molecule has 0 radical (unpaired) electrons. The van der Waals surface area contributed by atoms with Crippen LogP contribution in [0.3, 0.4) is 0 Å². The zero-order chi connectivity index (χ0) is 20.6. The van der Waals surface area contributed by atoms with Gasteiger partial charge in [0.25, 0.3) is 17.5 Å². The van der Waals surface area contributed by atoms with Crippen LogP contribution >= 0.6 is 0 Å². The first kappa shape index (κ1) is 18.7. The molecule has 1 heterocycles. The number of nitro benzene ring substituents is 1. The predicted octanol–water partition coefficient (Wildman–Crippen LogP) is 1.97. The highest BCUT2D eigenvalue weighted by molar-refractivity contribution is 6.35. The van der Waals surface area contributed by atoms with Gasteiger partial charge in [0.1, 0.15) is 5.56 Å². The topological polar surface area (TPSA) is 133 Å². The number of carbonyl (C=O) groups excluding carboxylic acids is 4. The van der Waals surface area contributed by atoms with E-state index in [9.17, 15) is 29.3 Å². The molecule has 2 aromatic carbocycles. The molecule has 0 aliphatic carbocycles. The van der Waals surface area contributed by atoms with Crippen LogP contribution in [0.1, 0.15) is 41.4 Å². The Morgan fingerprint density at radius 1 is 0.964 bits per heavy atom. The normalized spacial score (nSPS) is 12.6. The largest absolute Gasteiger partial charge is 0.465 e. The van der Waals surface area contributed by atoms with Crippen LogP contribution in [0.2, 0.25) is 0 Å². The molecule has 0 fully saturated rings. The van der Waals surface area contributed by atoms with Crippen molar-refractivity contribution >= 4 is 35.1 Å². The van der Waals surface area contributed by atoms with E-state index in [0.717, 1.165) is 20.3 Å². The van der Waals surface area contributed by atoms with Crippen LogP contribution < -0.4 is 4.90 Å². The average molecular weight is 384 g/mol. The molecule has 0 unspecified atom stereocenters. The minimum Gasteiger partial charge on any atom is -0.465 e. The summed E-state index contributed by atoms with van der Waals surface area (Å²) in [5.41, 5.74) is -1.36. The second-order valence-electron chi connectivity index (χ2n) is 5.65. The SMILES string of the molecule is COC(=O)c1cc(C(=O)OC)cc(N2C(=O)c3cccc([N+](=O)[O-])c3C2=O)c1. The molecule has 3 rings (SSSR count). The third-order valence-electron chi connectivity index (χ3n) is 4.11. The Morgan fingerprint density at radius 3 is 2.04 bits per heavy atom. The number of imide groups is 1. The Bertz CT molecular complexity index is 1030. The van der Waals surface area contributed by atoms with Gasteiger partial charge in [-0.3, -0.25) is 19.7 Å². The lowest BCUT2D eigenvalue weighted by Crippen LogP contribution is -2.30. The second-order valence-corrected chi connectivity index (χ2v) is 5.65. The van der Waals surface area contributed by atoms with Crippen molar-refractivity contribution in [1.29, 1.82) is 0 Å². The second kappa shape index (κ2) is 6.91. The summed E-state index contributed by atoms with van der Waals surface area (Å²) in [7, 11) is 2.25. The number of hydrogen-bond donors (Lipinski definition) is 0. The van der Waals surface area contributed by atoms with Crippen LogP contribution in [0.15, 0.2) is 36.4 Å². The van der Waals surface area contributed by atoms with E-state index in [0.29, 0.717) is 4.90 Å². The van der Waals surface area contributed by atoms with Crippen molar-refractivity contribution in [2.75, 3.05) is 19.1 Å². The molecule has 0 N–H and O–H groups in total. The number of nitro groups is 1. The fraction of sp³-hybridized carbons (Fsp3) is 0.111. The highest BCUT2D eigenvalue weighted by Gasteiger charge is 2.42. The van der Waals surface area contributed by atoms with E-state index in [-0.39, 0.29) is 27.9 Å². The number of anilines is 1. The van der Waals surface area contributed by atoms with Gasteiger partial charge < -0.3 is 9.47 Å². The van der Waals surface area contributed by atoms with E-state index in [4.69, 9.17) is 0 Å². The molecule has 10 nitrogen and oxygen atoms in total. The first-order valence-corrected chi connectivity index (χ1v) is 7.78. The summed E-state index contributed by atoms with van der Waals surface area (Å²) >= 11 is 0. The van der Waals surface area contributed by atoms with Crippen LogP contribution in [0.25, 0.3) is 0 Å². The van der Waals surface area contributed by atoms with Gasteiger partial charge in [-0.25, -0.2) is 14.5 Å². The molecule has 1 aliphatic heterocycles. The molecule has 0 saturated carbocycles. The Morgan fingerprint density at radius 2 is 1.54 bits per heavy atom. The van der Waals surface area contributed by atoms with E-state index >= 15 is 0 Å². The van der Waals surface area contributed by atoms with Gasteiger partial charge in [0.15, 0.2) is 0 Å². The summed E-state index contributed by atoms with van der Waals surface area (Å²) in [5.74, 6) is -3.38. The predicted molar refractivity (Wildman–Crippen MR) is 93.4 cm³/mol. The highest BCUT2D eigenvalue weighted by Crippen LogP contribution is 2.34. The molecule has 2 amide bonds. The maximum Gasteiger partial charge on any atom is 0.337 e. The van der Waals surface area contributed by atoms with Gasteiger partial charge in [0.05, 0.1) is 41.5 Å². The van der Waals surface area contributed by atoms with Crippen molar-refractivity contribution in [2.45, 2.75) is 0 Å². The van der Waals surface area contributed by atoms with Gasteiger partial charge in [-0.05, 0) is 24.3 Å². The molecule has 0 spiro atoms. The lowest BCUT2D eigenvalue weighted by atomic mass is 10.1. The van der Waals surface area contributed by atoms with Gasteiger partial charge in [0, 0.05) is 6.07 Å². The lowest BCUT2D eigenvalue weighted by molar-refractivity contribution is -0.385. The monoisotopic (exact) mass is 384 g/mol. The number of esters is 2. The molecule has 10 heteroatoms. The number of nitrogens with zero attached hydrogens (tertiary/aromatic N) is 2. The summed E-state index contributed by atoms with van der Waals surface area (Å²) in [6, 6.07) is 7.21. The molecule has 1 aliphatic rings. The summed E-state index contributed by atoms with van der Waals surface area (Å²) in [5, 5.41) is 11.2. The van der Waals surface area contributed by atoms with Gasteiger partial charge in [-0.1, -0.05) is 6.07 Å². The number of methoxy groups -OCH3 is 2. The summed E-state index contributed by atoms with van der Waals surface area (Å²) in [6.45, 7) is 0. The third-order valence-corrected chi connectivity index (χ3v) is 4.11. The Balaban J connectivity index is 2.19. The fourth-order valence-electron chi connectivity index (χ4n) is 2.87. The highest BCUT2D eigenvalue weighted by atomic mass is 16.6. The molecule has 28 heavy (non-hydrogen) atoms. The molecular formula is C18H12N2O8. The Hall–Kier alpha value is -4.08. The zero-order valence-corrected chi connectivity index (χ0v) is 14.6. The molecule has 142 valence electrons. The number of fused-ring (bicyclic) bond motifs is 1. The minimum absolute atomic E-state index is 0.105. The Kier molecular flexibility index (Phi) is 4.62. The number of ether oxygens (including phenoxy) is 2. The fourth-order valence-corrected chi connectivity index (χ4v) is 2.87. The smallest absolute Gasteiger partial charge is 0.337 e. The van der Waals surface area contributed by atoms with Gasteiger partial charge in [-0.2, -0.15) is 0 Å². The molecule has 0 atom stereocenters. The van der Waals surface area contributed by atoms with Crippen LogP contribution in [0, 0.1) is 10.1 Å². The third kappa shape index (κ3) is 2.86. The van der Waals surface area contributed by atoms with Crippen molar-refractivity contribution in [3.63, 3.8) is 0 Å². The summed E-state index contributed by atoms with van der Waals surface area (Å²) < 4.78 is 9.24. The standard InChI is InChI=1S/C18H12N2O8/c1-27-17(23)9-6-10(18(24)28-2)8-11(7-9)19-15(21)12-4-3-5-13(20(25)26)14(12)16(19)22/h3-8H,1-2H3. The van der Waals surface area contributed by atoms with Gasteiger partial charge >= 0.3 is 11.9 Å². The van der Waals surface area contributed by atoms with E-state index < -0.39 is 34.4 Å². The van der Waals surface area contributed by atoms with Crippen LogP contribution in [0.4, 0.5) is 11.4 Å². The van der Waals surface area contributed by atoms with Gasteiger partial charge in [0.2, 0.25) is 0 Å². The van der Waals surface area contributed by atoms with E-state index in [2.05, 4.69) is 9.47 Å². The number of carbonyl (C=O) groups is 4. The quantitative estimate of drug-likeness (QED) is 0.338. The molecular weight excluding hydrogens is 372 g/mol. The van der Waals surface area contributed by atoms with Gasteiger partial charge in [-0.15, -0.1) is 0 Å². The Labute approximate surface area is 157 Å². The van der Waals surface area contributed by atoms with Crippen molar-refractivity contribution < 1.29 is 33.6 Å². The number of rotatable bonds is 4. The molecule has 0 aromatic heterocycles. The first-order chi connectivity index (χ1) is 13.3. The van der Waals surface area contributed by atoms with Crippen molar-refractivity contribution in [3.05, 3.63) is 68.8 Å². The maximum atomic E-state index is 12.8. The number of benzene rings is 2. The maximum absolute atomic E-state index is 12.8. The molecule has 0 bridgehead atoms. The zero-order valence-electron chi connectivity index (χ0n) is 14.6. The van der Waals surface area contributed by atoms with E-state index in [1.807, 2.05) is 0 Å². The molecule has 0 saturated heterocycles. The molecule has 2 aromatic rings. The summed E-state index contributed by atoms with van der Waals surface area (Å²) in [6.07, 6.45) is 0. The van der Waals surface area contributed by atoms with E-state index in [1.54, 1.807) is 0 Å². The van der Waals surface area contributed by atoms with Crippen molar-refractivity contribution in [3.8, 4) is 0 Å². The number of hydrogen-bond acceptors (Lipinski definition) is 8. The first-order valence-electron chi connectivity index (χ1n) is 7.78. The van der Waals surface area contributed by atoms with E-state index in [1.165, 1.54) is 30.3 Å². The van der Waals surface area contributed by atoms with Crippen LogP contribution in [0.5, 0.6) is 0 Å².